The topological polar surface area (TPSA) is 61.4 Å². The number of rotatable bonds is 7. The van der Waals surface area contributed by atoms with Crippen molar-refractivity contribution in [2.45, 2.75) is 38.6 Å². The van der Waals surface area contributed by atoms with E-state index in [1.165, 1.54) is 12.8 Å². The van der Waals surface area contributed by atoms with Crippen LogP contribution in [0.25, 0.3) is 0 Å². The number of aliphatic hydroxyl groups excluding tert-OH is 1. The average Bonchev–Trinajstić information content (AvgIpc) is 3.01. The first-order valence-electron chi connectivity index (χ1n) is 5.72. The molecular formula is C11H22N2O2. The van der Waals surface area contributed by atoms with Crippen LogP contribution in [-0.2, 0) is 4.79 Å². The Morgan fingerprint density at radius 1 is 1.53 bits per heavy atom. The van der Waals surface area contributed by atoms with E-state index >= 15 is 0 Å². The molecule has 15 heavy (non-hydrogen) atoms. The molecule has 1 unspecified atom stereocenters. The Labute approximate surface area is 91.4 Å². The van der Waals surface area contributed by atoms with Crippen molar-refractivity contribution >= 4 is 5.91 Å². The maximum atomic E-state index is 11.5. The van der Waals surface area contributed by atoms with Gasteiger partial charge in [-0.1, -0.05) is 6.92 Å². The third-order valence-electron chi connectivity index (χ3n) is 2.99. The predicted octanol–water partition coefficient (Wildman–Crippen LogP) is 0.263. The van der Waals surface area contributed by atoms with E-state index in [9.17, 15) is 4.79 Å². The number of carbonyl (C=O) groups excluding carboxylic acids is 1. The summed E-state index contributed by atoms with van der Waals surface area (Å²) in [6.07, 6.45) is 3.31. The van der Waals surface area contributed by atoms with Crippen LogP contribution in [-0.4, -0.2) is 36.2 Å². The summed E-state index contributed by atoms with van der Waals surface area (Å²) in [5, 5.41) is 15.1. The van der Waals surface area contributed by atoms with E-state index in [0.717, 1.165) is 18.9 Å². The third kappa shape index (κ3) is 4.62. The van der Waals surface area contributed by atoms with Gasteiger partial charge in [0.05, 0.1) is 18.7 Å². The van der Waals surface area contributed by atoms with Gasteiger partial charge >= 0.3 is 0 Å². The minimum atomic E-state index is -0.474. The van der Waals surface area contributed by atoms with Crippen molar-refractivity contribution in [1.82, 2.24) is 10.6 Å². The summed E-state index contributed by atoms with van der Waals surface area (Å²) in [4.78, 5) is 11.5. The largest absolute Gasteiger partial charge is 0.394 e. The molecule has 1 aliphatic rings. The lowest BCUT2D eigenvalue weighted by Crippen LogP contribution is -2.51. The number of carbonyl (C=O) groups is 1. The van der Waals surface area contributed by atoms with E-state index in [-0.39, 0.29) is 12.5 Å². The Morgan fingerprint density at radius 3 is 2.67 bits per heavy atom. The highest BCUT2D eigenvalue weighted by atomic mass is 16.3. The van der Waals surface area contributed by atoms with Crippen LogP contribution in [0.4, 0.5) is 0 Å². The minimum Gasteiger partial charge on any atom is -0.394 e. The van der Waals surface area contributed by atoms with E-state index in [0.29, 0.717) is 6.54 Å². The van der Waals surface area contributed by atoms with Crippen LogP contribution in [0.15, 0.2) is 0 Å². The SMILES string of the molecule is CCC(C)(CO)NC(=O)CNCC1CC1. The zero-order chi connectivity index (χ0) is 11.3. The molecule has 0 heterocycles. The van der Waals surface area contributed by atoms with Crippen LogP contribution < -0.4 is 10.6 Å². The Balaban J connectivity index is 2.15. The molecule has 0 radical (unpaired) electrons. The van der Waals surface area contributed by atoms with E-state index in [1.54, 1.807) is 0 Å². The Bertz CT molecular complexity index is 211. The molecule has 0 spiro atoms. The van der Waals surface area contributed by atoms with Crippen molar-refractivity contribution in [1.29, 1.82) is 0 Å². The zero-order valence-electron chi connectivity index (χ0n) is 9.68. The zero-order valence-corrected chi connectivity index (χ0v) is 9.68. The fourth-order valence-corrected chi connectivity index (χ4v) is 1.33. The third-order valence-corrected chi connectivity index (χ3v) is 2.99. The number of nitrogens with one attached hydrogen (secondary N) is 2. The molecule has 1 atom stereocenters. The molecule has 88 valence electrons. The quantitative estimate of drug-likeness (QED) is 0.570. The second-order valence-electron chi connectivity index (χ2n) is 4.69. The van der Waals surface area contributed by atoms with Gasteiger partial charge < -0.3 is 15.7 Å². The van der Waals surface area contributed by atoms with Crippen LogP contribution >= 0.6 is 0 Å². The summed E-state index contributed by atoms with van der Waals surface area (Å²) in [7, 11) is 0. The minimum absolute atomic E-state index is 0.0160. The van der Waals surface area contributed by atoms with Gasteiger partial charge in [0.2, 0.25) is 5.91 Å². The highest BCUT2D eigenvalue weighted by Gasteiger charge is 2.24. The number of aliphatic hydroxyl groups is 1. The molecule has 1 amide bonds. The molecule has 4 nitrogen and oxygen atoms in total. The van der Waals surface area contributed by atoms with Crippen molar-refractivity contribution in [3.8, 4) is 0 Å². The van der Waals surface area contributed by atoms with Gasteiger partial charge in [-0.25, -0.2) is 0 Å². The predicted molar refractivity (Wildman–Crippen MR) is 59.5 cm³/mol. The van der Waals surface area contributed by atoms with Crippen molar-refractivity contribution in [3.05, 3.63) is 0 Å². The van der Waals surface area contributed by atoms with E-state index < -0.39 is 5.54 Å². The first kappa shape index (κ1) is 12.5. The lowest BCUT2D eigenvalue weighted by molar-refractivity contribution is -0.122. The van der Waals surface area contributed by atoms with Crippen LogP contribution in [0.5, 0.6) is 0 Å². The highest BCUT2D eigenvalue weighted by molar-refractivity contribution is 5.78. The maximum absolute atomic E-state index is 11.5. The van der Waals surface area contributed by atoms with E-state index in [4.69, 9.17) is 5.11 Å². The number of hydrogen-bond donors (Lipinski definition) is 3. The first-order valence-corrected chi connectivity index (χ1v) is 5.72. The smallest absolute Gasteiger partial charge is 0.234 e. The molecule has 1 saturated carbocycles. The lowest BCUT2D eigenvalue weighted by Gasteiger charge is -2.27. The summed E-state index contributed by atoms with van der Waals surface area (Å²) >= 11 is 0. The standard InChI is InChI=1S/C11H22N2O2/c1-3-11(2,8-14)13-10(15)7-12-6-9-4-5-9/h9,12,14H,3-8H2,1-2H3,(H,13,15). The van der Waals surface area contributed by atoms with Gasteiger partial charge in [-0.15, -0.1) is 0 Å². The Kier molecular flexibility index (Phi) is 4.54. The second kappa shape index (κ2) is 5.47. The average molecular weight is 214 g/mol. The van der Waals surface area contributed by atoms with Crippen molar-refractivity contribution < 1.29 is 9.90 Å². The number of amides is 1. The molecule has 0 aromatic rings. The summed E-state index contributed by atoms with van der Waals surface area (Å²) in [5.41, 5.74) is -0.474. The summed E-state index contributed by atoms with van der Waals surface area (Å²) in [5.74, 6) is 0.752. The van der Waals surface area contributed by atoms with Gasteiger partial charge in [0.25, 0.3) is 0 Å². The monoisotopic (exact) mass is 214 g/mol. The molecule has 4 heteroatoms. The summed E-state index contributed by atoms with van der Waals surface area (Å²) in [6, 6.07) is 0. The molecule has 1 rings (SSSR count). The first-order chi connectivity index (χ1) is 7.09. The summed E-state index contributed by atoms with van der Waals surface area (Å²) in [6.45, 7) is 5.08. The van der Waals surface area contributed by atoms with Gasteiger partial charge in [0, 0.05) is 0 Å². The van der Waals surface area contributed by atoms with Gasteiger partial charge in [-0.05, 0) is 38.6 Å². The Morgan fingerprint density at radius 2 is 2.20 bits per heavy atom. The lowest BCUT2D eigenvalue weighted by atomic mass is 10.0. The molecule has 1 aliphatic carbocycles. The van der Waals surface area contributed by atoms with Crippen LogP contribution in [0.2, 0.25) is 0 Å². The van der Waals surface area contributed by atoms with Gasteiger partial charge in [-0.3, -0.25) is 4.79 Å². The molecule has 1 fully saturated rings. The normalized spacial score (nSPS) is 19.7. The fraction of sp³-hybridized carbons (Fsp3) is 0.909. The van der Waals surface area contributed by atoms with E-state index in [1.807, 2.05) is 13.8 Å². The van der Waals surface area contributed by atoms with Crippen LogP contribution in [0.3, 0.4) is 0 Å². The molecule has 0 bridgehead atoms. The van der Waals surface area contributed by atoms with Crippen LogP contribution in [0.1, 0.15) is 33.1 Å². The van der Waals surface area contributed by atoms with Crippen molar-refractivity contribution in [3.63, 3.8) is 0 Å². The molecule has 3 N–H and O–H groups in total. The van der Waals surface area contributed by atoms with Gasteiger partial charge in [-0.2, -0.15) is 0 Å². The second-order valence-corrected chi connectivity index (χ2v) is 4.69. The highest BCUT2D eigenvalue weighted by Crippen LogP contribution is 2.27. The molecule has 0 aromatic heterocycles. The fourth-order valence-electron chi connectivity index (χ4n) is 1.33. The molecule has 0 aromatic carbocycles. The number of hydrogen-bond acceptors (Lipinski definition) is 3. The molecular weight excluding hydrogens is 192 g/mol. The maximum Gasteiger partial charge on any atom is 0.234 e. The Hall–Kier alpha value is -0.610. The molecule has 0 aliphatic heterocycles. The molecule has 0 saturated heterocycles. The van der Waals surface area contributed by atoms with Gasteiger partial charge in [0.15, 0.2) is 0 Å². The van der Waals surface area contributed by atoms with Crippen molar-refractivity contribution in [2.75, 3.05) is 19.7 Å². The van der Waals surface area contributed by atoms with Gasteiger partial charge in [0.1, 0.15) is 0 Å². The van der Waals surface area contributed by atoms with Crippen molar-refractivity contribution in [2.24, 2.45) is 5.92 Å². The summed E-state index contributed by atoms with van der Waals surface area (Å²) < 4.78 is 0. The van der Waals surface area contributed by atoms with Crippen LogP contribution in [0, 0.1) is 5.92 Å². The van der Waals surface area contributed by atoms with E-state index in [2.05, 4.69) is 10.6 Å².